The van der Waals surface area contributed by atoms with Gasteiger partial charge in [-0.15, -0.1) is 0 Å². The van der Waals surface area contributed by atoms with Crippen LogP contribution in [0, 0.1) is 0 Å². The van der Waals surface area contributed by atoms with Gasteiger partial charge in [-0.2, -0.15) is 0 Å². The zero-order chi connectivity index (χ0) is 25.2. The number of anilines is 2. The number of thiocarbonyl (C=S) groups is 2. The Labute approximate surface area is 215 Å². The number of nitrogens with zero attached hydrogens (tertiary/aromatic N) is 2. The first-order valence-electron chi connectivity index (χ1n) is 11.7. The fourth-order valence-corrected chi connectivity index (χ4v) is 7.20. The molecule has 186 valence electrons. The first-order valence-corrected chi connectivity index (χ1v) is 16.6. The molecule has 0 aromatic heterocycles. The van der Waals surface area contributed by atoms with Crippen molar-refractivity contribution >= 4 is 60.6 Å². The minimum absolute atomic E-state index is 0.429. The van der Waals surface area contributed by atoms with E-state index in [1.807, 2.05) is 98.2 Å². The summed E-state index contributed by atoms with van der Waals surface area (Å²) in [5, 5.41) is 7.14. The van der Waals surface area contributed by atoms with Gasteiger partial charge in [0.25, 0.3) is 0 Å². The van der Waals surface area contributed by atoms with Crippen LogP contribution in [0.1, 0.15) is 27.7 Å². The number of benzene rings is 2. The van der Waals surface area contributed by atoms with Crippen LogP contribution in [0.15, 0.2) is 60.7 Å². The number of nitrogens with one attached hydrogen (secondary N) is 2. The summed E-state index contributed by atoms with van der Waals surface area (Å²) in [7, 11) is -5.19. The third kappa shape index (κ3) is 7.91. The Morgan fingerprint density at radius 3 is 1.21 bits per heavy atom. The molecule has 2 aromatic rings. The van der Waals surface area contributed by atoms with E-state index in [0.717, 1.165) is 11.4 Å². The SMILES string of the molecule is CCP(=O)(CC)NC(=S)N(CCN(C(=S)NP(=O)(CC)CC)c1ccccc1)c1ccccc1. The highest BCUT2D eigenvalue weighted by atomic mass is 32.1. The minimum Gasteiger partial charge on any atom is -0.317 e. The molecule has 0 saturated heterocycles. The molecule has 34 heavy (non-hydrogen) atoms. The van der Waals surface area contributed by atoms with Gasteiger partial charge in [0.2, 0.25) is 0 Å². The smallest absolute Gasteiger partial charge is 0.179 e. The van der Waals surface area contributed by atoms with Crippen LogP contribution in [0.3, 0.4) is 0 Å². The van der Waals surface area contributed by atoms with Crippen molar-refractivity contribution < 1.29 is 9.13 Å². The van der Waals surface area contributed by atoms with Crippen LogP contribution >= 0.6 is 39.0 Å². The number of hydrogen-bond acceptors (Lipinski definition) is 4. The van der Waals surface area contributed by atoms with Gasteiger partial charge in [0.05, 0.1) is 0 Å². The van der Waals surface area contributed by atoms with Gasteiger partial charge < -0.3 is 29.1 Å². The summed E-state index contributed by atoms with van der Waals surface area (Å²) in [6, 6.07) is 19.6. The molecule has 10 heteroatoms. The van der Waals surface area contributed by atoms with Crippen molar-refractivity contribution in [1.29, 1.82) is 0 Å². The minimum atomic E-state index is -2.59. The lowest BCUT2D eigenvalue weighted by Crippen LogP contribution is -2.47. The molecular weight excluding hydrogens is 502 g/mol. The molecule has 0 heterocycles. The van der Waals surface area contributed by atoms with E-state index in [2.05, 4.69) is 10.2 Å². The number of rotatable bonds is 11. The van der Waals surface area contributed by atoms with Gasteiger partial charge in [-0.1, -0.05) is 64.1 Å². The van der Waals surface area contributed by atoms with Crippen LogP contribution in [0.4, 0.5) is 11.4 Å². The summed E-state index contributed by atoms with van der Waals surface area (Å²) in [6.45, 7) is 8.62. The van der Waals surface area contributed by atoms with Crippen LogP contribution in [-0.4, -0.2) is 48.0 Å². The molecule has 2 aromatic carbocycles. The van der Waals surface area contributed by atoms with Crippen molar-refractivity contribution in [1.82, 2.24) is 10.2 Å². The standard InChI is InChI=1S/C24H36N4O2P2S2/c1-5-31(29,6-2)25-23(33)27(21-15-11-9-12-16-21)19-20-28(22-17-13-10-14-18-22)24(34)26-32(30,7-3)8-4/h9-18H,5-8,19-20H2,1-4H3,(H,25,29,33)(H,26,30,34). The molecule has 0 aliphatic heterocycles. The van der Waals surface area contributed by atoms with Crippen LogP contribution in [0.2, 0.25) is 0 Å². The molecule has 0 radical (unpaired) electrons. The van der Waals surface area contributed by atoms with E-state index in [0.29, 0.717) is 48.0 Å². The zero-order valence-electron chi connectivity index (χ0n) is 20.4. The van der Waals surface area contributed by atoms with Crippen LogP contribution in [-0.2, 0) is 9.13 Å². The summed E-state index contributed by atoms with van der Waals surface area (Å²) in [5.74, 6) is 0. The van der Waals surface area contributed by atoms with Gasteiger partial charge in [-0.05, 0) is 48.7 Å². The number of hydrogen-bond donors (Lipinski definition) is 2. The van der Waals surface area contributed by atoms with E-state index in [1.54, 1.807) is 0 Å². The molecule has 0 amide bonds. The molecule has 0 fully saturated rings. The predicted molar refractivity (Wildman–Crippen MR) is 156 cm³/mol. The molecule has 0 saturated carbocycles. The second kappa shape index (κ2) is 13.4. The fourth-order valence-electron chi connectivity index (χ4n) is 3.34. The van der Waals surface area contributed by atoms with Crippen molar-refractivity contribution in [2.45, 2.75) is 27.7 Å². The molecule has 0 aliphatic carbocycles. The maximum atomic E-state index is 13.1. The van der Waals surface area contributed by atoms with Crippen LogP contribution in [0.25, 0.3) is 0 Å². The van der Waals surface area contributed by atoms with E-state index in [-0.39, 0.29) is 0 Å². The van der Waals surface area contributed by atoms with Crippen molar-refractivity contribution in [3.05, 3.63) is 60.7 Å². The number of para-hydroxylation sites is 2. The highest BCUT2D eigenvalue weighted by Gasteiger charge is 2.25. The molecule has 6 nitrogen and oxygen atoms in total. The van der Waals surface area contributed by atoms with Gasteiger partial charge in [-0.3, -0.25) is 0 Å². The lowest BCUT2D eigenvalue weighted by molar-refractivity contribution is 0.572. The Balaban J connectivity index is 2.33. The summed E-state index contributed by atoms with van der Waals surface area (Å²) in [5.41, 5.74) is 1.80. The highest BCUT2D eigenvalue weighted by molar-refractivity contribution is 7.82. The monoisotopic (exact) mass is 538 g/mol. The zero-order valence-corrected chi connectivity index (χ0v) is 23.9. The van der Waals surface area contributed by atoms with Crippen LogP contribution in [0.5, 0.6) is 0 Å². The molecule has 2 N–H and O–H groups in total. The van der Waals surface area contributed by atoms with E-state index in [9.17, 15) is 9.13 Å². The van der Waals surface area contributed by atoms with Gasteiger partial charge in [0, 0.05) is 49.1 Å². The Morgan fingerprint density at radius 1 is 0.647 bits per heavy atom. The molecule has 0 atom stereocenters. The van der Waals surface area contributed by atoms with E-state index >= 15 is 0 Å². The topological polar surface area (TPSA) is 64.7 Å². The second-order valence-electron chi connectivity index (χ2n) is 7.85. The predicted octanol–water partition coefficient (Wildman–Crippen LogP) is 6.38. The largest absolute Gasteiger partial charge is 0.317 e. The first kappa shape index (κ1) is 28.5. The second-order valence-corrected chi connectivity index (χ2v) is 15.2. The molecule has 0 unspecified atom stereocenters. The van der Waals surface area contributed by atoms with Crippen molar-refractivity contribution in [3.63, 3.8) is 0 Å². The average molecular weight is 539 g/mol. The van der Waals surface area contributed by atoms with Gasteiger partial charge in [0.15, 0.2) is 24.8 Å². The quantitative estimate of drug-likeness (QED) is 0.252. The lowest BCUT2D eigenvalue weighted by atomic mass is 10.2. The lowest BCUT2D eigenvalue weighted by Gasteiger charge is -2.33. The summed E-state index contributed by atoms with van der Waals surface area (Å²) in [6.07, 6.45) is 2.11. The summed E-state index contributed by atoms with van der Waals surface area (Å²) < 4.78 is 26.2. The van der Waals surface area contributed by atoms with Crippen molar-refractivity contribution in [2.75, 3.05) is 47.5 Å². The third-order valence-corrected chi connectivity index (χ3v) is 12.1. The molecular formula is C24H36N4O2P2S2. The Bertz CT molecular complexity index is 938. The fraction of sp³-hybridized carbons (Fsp3) is 0.417. The Hall–Kier alpha value is -1.72. The van der Waals surface area contributed by atoms with Gasteiger partial charge in [0.1, 0.15) is 0 Å². The maximum absolute atomic E-state index is 13.1. The van der Waals surface area contributed by atoms with Crippen LogP contribution < -0.4 is 20.0 Å². The van der Waals surface area contributed by atoms with E-state index in [1.165, 1.54) is 0 Å². The Kier molecular flexibility index (Phi) is 11.2. The van der Waals surface area contributed by atoms with E-state index in [4.69, 9.17) is 24.4 Å². The molecule has 0 spiro atoms. The van der Waals surface area contributed by atoms with E-state index < -0.39 is 14.6 Å². The summed E-state index contributed by atoms with van der Waals surface area (Å²) >= 11 is 11.5. The first-order chi connectivity index (χ1) is 16.2. The summed E-state index contributed by atoms with van der Waals surface area (Å²) in [4.78, 5) is 3.90. The van der Waals surface area contributed by atoms with Crippen molar-refractivity contribution in [2.24, 2.45) is 0 Å². The molecule has 0 bridgehead atoms. The van der Waals surface area contributed by atoms with Gasteiger partial charge >= 0.3 is 0 Å². The maximum Gasteiger partial charge on any atom is 0.179 e. The molecule has 0 aliphatic rings. The highest BCUT2D eigenvalue weighted by Crippen LogP contribution is 2.41. The Morgan fingerprint density at radius 2 is 0.941 bits per heavy atom. The average Bonchev–Trinajstić information content (AvgIpc) is 2.87. The third-order valence-electron chi connectivity index (χ3n) is 5.82. The molecule has 2 rings (SSSR count). The van der Waals surface area contributed by atoms with Crippen molar-refractivity contribution in [3.8, 4) is 0 Å². The normalized spacial score (nSPS) is 11.5. The van der Waals surface area contributed by atoms with Gasteiger partial charge in [-0.25, -0.2) is 0 Å².